The second-order valence-electron chi connectivity index (χ2n) is 7.23. The molecule has 0 aliphatic carbocycles. The van der Waals surface area contributed by atoms with Crippen LogP contribution in [0.25, 0.3) is 0 Å². The van der Waals surface area contributed by atoms with Crippen molar-refractivity contribution in [3.8, 4) is 0 Å². The number of hydrogen-bond acceptors (Lipinski definition) is 4. The van der Waals surface area contributed by atoms with E-state index < -0.39 is 6.04 Å². The summed E-state index contributed by atoms with van der Waals surface area (Å²) in [6, 6.07) is 2.94. The van der Waals surface area contributed by atoms with Crippen LogP contribution in [0, 0.1) is 0 Å². The summed E-state index contributed by atoms with van der Waals surface area (Å²) in [5.41, 5.74) is 0. The number of unbranched alkanes of at least 4 members (excludes halogenated alkanes) is 11. The van der Waals surface area contributed by atoms with E-state index in [0.717, 1.165) is 12.8 Å². The average Bonchev–Trinajstić information content (AvgIpc) is 3.20. The van der Waals surface area contributed by atoms with Gasteiger partial charge in [-0.15, -0.1) is 11.3 Å². The molecular formula is C22H37NO3S. The van der Waals surface area contributed by atoms with Gasteiger partial charge in [0.25, 0.3) is 5.91 Å². The number of ether oxygens (including phenoxy) is 1. The maximum Gasteiger partial charge on any atom is 0.328 e. The van der Waals surface area contributed by atoms with Crippen molar-refractivity contribution in [1.82, 2.24) is 5.32 Å². The Labute approximate surface area is 169 Å². The molecule has 1 heterocycles. The Bertz CT molecular complexity index is 502. The molecule has 1 aromatic rings. The van der Waals surface area contributed by atoms with Crippen LogP contribution >= 0.6 is 11.3 Å². The molecule has 0 spiro atoms. The molecular weight excluding hydrogens is 358 g/mol. The third-order valence-corrected chi connectivity index (χ3v) is 5.56. The summed E-state index contributed by atoms with van der Waals surface area (Å²) in [6.45, 7) is 4.36. The van der Waals surface area contributed by atoms with E-state index in [9.17, 15) is 9.59 Å². The van der Waals surface area contributed by atoms with Crippen LogP contribution in [-0.2, 0) is 9.53 Å². The van der Waals surface area contributed by atoms with E-state index in [-0.39, 0.29) is 11.9 Å². The van der Waals surface area contributed by atoms with Gasteiger partial charge in [-0.1, -0.05) is 83.6 Å². The Morgan fingerprint density at radius 3 is 2.04 bits per heavy atom. The zero-order valence-electron chi connectivity index (χ0n) is 17.1. The second-order valence-corrected chi connectivity index (χ2v) is 8.18. The van der Waals surface area contributed by atoms with Crippen molar-refractivity contribution < 1.29 is 14.3 Å². The standard InChI is InChI=1S/C22H37NO3S/c1-3-4-5-6-7-8-9-10-11-12-13-14-17-26-22(25)19(2)23-21(24)20-16-15-18-27-20/h15-16,18-19H,3-14,17H2,1-2H3,(H,23,24)/t19-/m0/s1. The van der Waals surface area contributed by atoms with Crippen LogP contribution in [0.15, 0.2) is 17.5 Å². The van der Waals surface area contributed by atoms with Gasteiger partial charge in [-0.25, -0.2) is 4.79 Å². The first kappa shape index (κ1) is 23.7. The van der Waals surface area contributed by atoms with Crippen molar-refractivity contribution >= 4 is 23.2 Å². The highest BCUT2D eigenvalue weighted by molar-refractivity contribution is 7.12. The van der Waals surface area contributed by atoms with Gasteiger partial charge < -0.3 is 10.1 Å². The molecule has 0 bridgehead atoms. The van der Waals surface area contributed by atoms with E-state index in [1.807, 2.05) is 11.4 Å². The number of rotatable bonds is 16. The fourth-order valence-electron chi connectivity index (χ4n) is 2.98. The summed E-state index contributed by atoms with van der Waals surface area (Å²) in [7, 11) is 0. The smallest absolute Gasteiger partial charge is 0.328 e. The van der Waals surface area contributed by atoms with Crippen molar-refractivity contribution in [2.45, 2.75) is 96.9 Å². The molecule has 4 nitrogen and oxygen atoms in total. The Hall–Kier alpha value is -1.36. The molecule has 0 fully saturated rings. The van der Waals surface area contributed by atoms with Crippen LogP contribution in [0.2, 0.25) is 0 Å². The minimum absolute atomic E-state index is 0.222. The molecule has 1 rings (SSSR count). The van der Waals surface area contributed by atoms with Crippen molar-refractivity contribution in [1.29, 1.82) is 0 Å². The molecule has 0 aliphatic rings. The minimum atomic E-state index is -0.614. The van der Waals surface area contributed by atoms with Gasteiger partial charge in [-0.3, -0.25) is 4.79 Å². The van der Waals surface area contributed by atoms with Gasteiger partial charge in [-0.05, 0) is 24.8 Å². The lowest BCUT2D eigenvalue weighted by Gasteiger charge is -2.12. The van der Waals surface area contributed by atoms with Crippen molar-refractivity contribution in [2.24, 2.45) is 0 Å². The van der Waals surface area contributed by atoms with Crippen LogP contribution in [-0.4, -0.2) is 24.5 Å². The minimum Gasteiger partial charge on any atom is -0.464 e. The fraction of sp³-hybridized carbons (Fsp3) is 0.727. The molecule has 1 N–H and O–H groups in total. The number of esters is 1. The maximum absolute atomic E-state index is 11.9. The largest absolute Gasteiger partial charge is 0.464 e. The summed E-state index contributed by atoms with van der Waals surface area (Å²) < 4.78 is 5.26. The third-order valence-electron chi connectivity index (χ3n) is 4.69. The summed E-state index contributed by atoms with van der Waals surface area (Å²) in [6.07, 6.45) is 15.4. The van der Waals surface area contributed by atoms with Crippen molar-refractivity contribution in [3.05, 3.63) is 22.4 Å². The van der Waals surface area contributed by atoms with Crippen LogP contribution in [0.1, 0.15) is 101 Å². The fourth-order valence-corrected chi connectivity index (χ4v) is 3.60. The van der Waals surface area contributed by atoms with E-state index in [1.165, 1.54) is 75.5 Å². The third kappa shape index (κ3) is 11.9. The summed E-state index contributed by atoms with van der Waals surface area (Å²) in [5, 5.41) is 4.51. The lowest BCUT2D eigenvalue weighted by atomic mass is 10.1. The SMILES string of the molecule is CCCCCCCCCCCCCCOC(=O)[C@H](C)NC(=O)c1cccs1. The molecule has 154 valence electrons. The average molecular weight is 396 g/mol. The van der Waals surface area contributed by atoms with Crippen LogP contribution < -0.4 is 5.32 Å². The van der Waals surface area contributed by atoms with E-state index in [1.54, 1.807) is 13.0 Å². The normalized spacial score (nSPS) is 11.9. The van der Waals surface area contributed by atoms with Gasteiger partial charge in [-0.2, -0.15) is 0 Å². The second kappa shape index (κ2) is 15.7. The highest BCUT2D eigenvalue weighted by Gasteiger charge is 2.18. The zero-order valence-corrected chi connectivity index (χ0v) is 18.0. The van der Waals surface area contributed by atoms with Crippen LogP contribution in [0.3, 0.4) is 0 Å². The number of carbonyl (C=O) groups is 2. The van der Waals surface area contributed by atoms with Gasteiger partial charge in [0.05, 0.1) is 11.5 Å². The maximum atomic E-state index is 11.9. The molecule has 0 saturated heterocycles. The van der Waals surface area contributed by atoms with Crippen molar-refractivity contribution in [2.75, 3.05) is 6.61 Å². The van der Waals surface area contributed by atoms with Crippen LogP contribution in [0.5, 0.6) is 0 Å². The van der Waals surface area contributed by atoms with Gasteiger partial charge >= 0.3 is 5.97 Å². The molecule has 0 radical (unpaired) electrons. The highest BCUT2D eigenvalue weighted by atomic mass is 32.1. The topological polar surface area (TPSA) is 55.4 Å². The van der Waals surface area contributed by atoms with Crippen LogP contribution in [0.4, 0.5) is 0 Å². The number of carbonyl (C=O) groups excluding carboxylic acids is 2. The predicted octanol–water partition coefficient (Wildman–Crippen LogP) is 6.11. The van der Waals surface area contributed by atoms with Gasteiger partial charge in [0.1, 0.15) is 6.04 Å². The molecule has 0 saturated carbocycles. The Morgan fingerprint density at radius 1 is 0.963 bits per heavy atom. The van der Waals surface area contributed by atoms with Gasteiger partial charge in [0.2, 0.25) is 0 Å². The molecule has 27 heavy (non-hydrogen) atoms. The van der Waals surface area contributed by atoms with E-state index >= 15 is 0 Å². The number of hydrogen-bond donors (Lipinski definition) is 1. The Morgan fingerprint density at radius 2 is 1.52 bits per heavy atom. The monoisotopic (exact) mass is 395 g/mol. The molecule has 0 unspecified atom stereocenters. The molecule has 1 aromatic heterocycles. The molecule has 1 atom stereocenters. The summed E-state index contributed by atoms with van der Waals surface area (Å²) >= 11 is 1.36. The van der Waals surface area contributed by atoms with E-state index in [4.69, 9.17) is 4.74 Å². The lowest BCUT2D eigenvalue weighted by molar-refractivity contribution is -0.145. The summed E-state index contributed by atoms with van der Waals surface area (Å²) in [5.74, 6) is -0.581. The van der Waals surface area contributed by atoms with Gasteiger partial charge in [0, 0.05) is 0 Å². The number of nitrogens with one attached hydrogen (secondary N) is 1. The van der Waals surface area contributed by atoms with E-state index in [2.05, 4.69) is 12.2 Å². The van der Waals surface area contributed by atoms with E-state index in [0.29, 0.717) is 11.5 Å². The predicted molar refractivity (Wildman–Crippen MR) is 113 cm³/mol. The quantitative estimate of drug-likeness (QED) is 0.271. The highest BCUT2D eigenvalue weighted by Crippen LogP contribution is 2.12. The number of amides is 1. The molecule has 1 amide bonds. The number of thiophene rings is 1. The van der Waals surface area contributed by atoms with Crippen molar-refractivity contribution in [3.63, 3.8) is 0 Å². The first-order valence-electron chi connectivity index (χ1n) is 10.7. The Kier molecular flexibility index (Phi) is 13.7. The van der Waals surface area contributed by atoms with Gasteiger partial charge in [0.15, 0.2) is 0 Å². The summed E-state index contributed by atoms with van der Waals surface area (Å²) in [4.78, 5) is 24.4. The lowest BCUT2D eigenvalue weighted by Crippen LogP contribution is -2.39. The first-order chi connectivity index (χ1) is 13.1. The first-order valence-corrected chi connectivity index (χ1v) is 11.5. The molecule has 5 heteroatoms. The zero-order chi connectivity index (χ0) is 19.7. The molecule has 0 aliphatic heterocycles. The molecule has 0 aromatic carbocycles. The Balaban J connectivity index is 1.91.